The summed E-state index contributed by atoms with van der Waals surface area (Å²) in [6, 6.07) is 13.7. The van der Waals surface area contributed by atoms with Gasteiger partial charge in [0.15, 0.2) is 16.7 Å². The maximum absolute atomic E-state index is 12.7. The van der Waals surface area contributed by atoms with Crippen LogP contribution in [-0.4, -0.2) is 36.2 Å². The molecule has 1 fully saturated rings. The summed E-state index contributed by atoms with van der Waals surface area (Å²) in [5, 5.41) is 0.747. The summed E-state index contributed by atoms with van der Waals surface area (Å²) >= 11 is 5.00. The minimum absolute atomic E-state index is 0.0278. The molecule has 0 unspecified atom stereocenters. The van der Waals surface area contributed by atoms with E-state index in [4.69, 9.17) is 9.47 Å². The molecule has 0 bridgehead atoms. The van der Waals surface area contributed by atoms with Crippen LogP contribution in [0.5, 0.6) is 11.5 Å². The van der Waals surface area contributed by atoms with Crippen LogP contribution < -0.4 is 9.47 Å². The monoisotopic (exact) mass is 474 g/mol. The Kier molecular flexibility index (Phi) is 7.39. The lowest BCUT2D eigenvalue weighted by Crippen LogP contribution is -2.28. The number of amidine groups is 1. The van der Waals surface area contributed by atoms with Crippen molar-refractivity contribution in [2.75, 3.05) is 20.2 Å². The number of hydrogen-bond acceptors (Lipinski definition) is 5. The summed E-state index contributed by atoms with van der Waals surface area (Å²) in [7, 11) is 1.61. The number of thioether (sulfide) groups is 1. The highest BCUT2D eigenvalue weighted by atomic mass is 79.9. The van der Waals surface area contributed by atoms with Gasteiger partial charge in [-0.3, -0.25) is 14.7 Å². The SMILES string of the molecule is CCN=C1S/C(=C\c2cc(OC)c(OCc3ccccc3)cc2Br)C(=O)N1CC. The molecule has 1 aliphatic rings. The smallest absolute Gasteiger partial charge is 0.266 e. The van der Waals surface area contributed by atoms with Crippen molar-refractivity contribution in [2.24, 2.45) is 4.99 Å². The molecule has 1 saturated heterocycles. The van der Waals surface area contributed by atoms with Crippen molar-refractivity contribution in [3.63, 3.8) is 0 Å². The quantitative estimate of drug-likeness (QED) is 0.507. The molecule has 0 aliphatic carbocycles. The molecule has 1 heterocycles. The Balaban J connectivity index is 1.86. The number of aliphatic imine (C=N–C) groups is 1. The van der Waals surface area contributed by atoms with Crippen molar-refractivity contribution < 1.29 is 14.3 Å². The number of carbonyl (C=O) groups excluding carboxylic acids is 1. The molecule has 5 nitrogen and oxygen atoms in total. The lowest BCUT2D eigenvalue weighted by atomic mass is 10.1. The molecule has 1 amide bonds. The molecule has 0 N–H and O–H groups in total. The summed E-state index contributed by atoms with van der Waals surface area (Å²) < 4.78 is 12.3. The molecule has 1 aliphatic heterocycles. The van der Waals surface area contributed by atoms with E-state index in [2.05, 4.69) is 20.9 Å². The van der Waals surface area contributed by atoms with Gasteiger partial charge in [0.05, 0.1) is 12.0 Å². The van der Waals surface area contributed by atoms with Crippen LogP contribution in [0.3, 0.4) is 0 Å². The first-order valence-corrected chi connectivity index (χ1v) is 11.0. The Morgan fingerprint density at radius 2 is 1.93 bits per heavy atom. The van der Waals surface area contributed by atoms with Crippen LogP contribution in [0.4, 0.5) is 0 Å². The summed E-state index contributed by atoms with van der Waals surface area (Å²) in [5.74, 6) is 1.22. The summed E-state index contributed by atoms with van der Waals surface area (Å²) in [6.07, 6.45) is 1.86. The van der Waals surface area contributed by atoms with Gasteiger partial charge in [0.1, 0.15) is 6.61 Å². The number of halogens is 1. The first-order chi connectivity index (χ1) is 14.1. The Bertz CT molecular complexity index is 945. The van der Waals surface area contributed by atoms with Crippen molar-refractivity contribution in [1.82, 2.24) is 4.90 Å². The summed E-state index contributed by atoms with van der Waals surface area (Å²) in [6.45, 7) is 5.59. The number of ether oxygens (including phenoxy) is 2. The van der Waals surface area contributed by atoms with Crippen molar-refractivity contribution in [1.29, 1.82) is 0 Å². The fraction of sp³-hybridized carbons (Fsp3) is 0.273. The van der Waals surface area contributed by atoms with Gasteiger partial charge >= 0.3 is 0 Å². The van der Waals surface area contributed by atoms with Crippen LogP contribution in [0.15, 0.2) is 56.8 Å². The molecule has 2 aromatic carbocycles. The van der Waals surface area contributed by atoms with E-state index < -0.39 is 0 Å². The Hall–Kier alpha value is -2.25. The minimum atomic E-state index is -0.0278. The standard InChI is InChI=1S/C22H23BrN2O3S/c1-4-24-22-25(5-2)21(26)20(29-22)12-16-11-18(27-3)19(13-17(16)23)28-14-15-9-7-6-8-10-15/h6-13H,4-5,14H2,1-3H3/b20-12-,24-22?. The first-order valence-electron chi connectivity index (χ1n) is 9.37. The predicted molar refractivity (Wildman–Crippen MR) is 122 cm³/mol. The third kappa shape index (κ3) is 5.03. The van der Waals surface area contributed by atoms with Gasteiger partial charge < -0.3 is 9.47 Å². The third-order valence-electron chi connectivity index (χ3n) is 4.30. The van der Waals surface area contributed by atoms with E-state index in [-0.39, 0.29) is 5.91 Å². The lowest BCUT2D eigenvalue weighted by molar-refractivity contribution is -0.122. The largest absolute Gasteiger partial charge is 0.493 e. The second-order valence-electron chi connectivity index (χ2n) is 6.22. The fourth-order valence-electron chi connectivity index (χ4n) is 2.85. The van der Waals surface area contributed by atoms with Crippen molar-refractivity contribution in [3.05, 3.63) is 63.0 Å². The average molecular weight is 475 g/mol. The minimum Gasteiger partial charge on any atom is -0.493 e. The van der Waals surface area contributed by atoms with Gasteiger partial charge in [0, 0.05) is 17.6 Å². The second-order valence-corrected chi connectivity index (χ2v) is 8.08. The van der Waals surface area contributed by atoms with Crippen LogP contribution in [0, 0.1) is 0 Å². The van der Waals surface area contributed by atoms with Crippen molar-refractivity contribution in [2.45, 2.75) is 20.5 Å². The molecule has 0 spiro atoms. The molecule has 0 saturated carbocycles. The molecule has 3 rings (SSSR count). The van der Waals surface area contributed by atoms with E-state index in [9.17, 15) is 4.79 Å². The number of amides is 1. The molecular formula is C22H23BrN2O3S. The van der Waals surface area contributed by atoms with E-state index in [1.54, 1.807) is 12.0 Å². The number of rotatable bonds is 7. The number of carbonyl (C=O) groups is 1. The van der Waals surface area contributed by atoms with Crippen LogP contribution in [0.2, 0.25) is 0 Å². The summed E-state index contributed by atoms with van der Waals surface area (Å²) in [5.41, 5.74) is 1.92. The number of benzene rings is 2. The number of nitrogens with zero attached hydrogens (tertiary/aromatic N) is 2. The van der Waals surface area contributed by atoms with Gasteiger partial charge in [0.25, 0.3) is 5.91 Å². The molecule has 0 radical (unpaired) electrons. The van der Waals surface area contributed by atoms with Crippen LogP contribution >= 0.6 is 27.7 Å². The summed E-state index contributed by atoms with van der Waals surface area (Å²) in [4.78, 5) is 19.5. The zero-order valence-electron chi connectivity index (χ0n) is 16.6. The average Bonchev–Trinajstić information content (AvgIpc) is 3.03. The van der Waals surface area contributed by atoms with Crippen LogP contribution in [-0.2, 0) is 11.4 Å². The Labute approximate surface area is 183 Å². The van der Waals surface area contributed by atoms with E-state index in [1.807, 2.05) is 62.4 Å². The van der Waals surface area contributed by atoms with Gasteiger partial charge in [-0.25, -0.2) is 0 Å². The molecular weight excluding hydrogens is 452 g/mol. The van der Waals surface area contributed by atoms with Crippen molar-refractivity contribution in [3.8, 4) is 11.5 Å². The molecule has 0 atom stereocenters. The normalized spacial score (nSPS) is 16.7. The van der Waals surface area contributed by atoms with E-state index >= 15 is 0 Å². The molecule has 152 valence electrons. The van der Waals surface area contributed by atoms with Crippen LogP contribution in [0.1, 0.15) is 25.0 Å². The fourth-order valence-corrected chi connectivity index (χ4v) is 4.38. The van der Waals surface area contributed by atoms with Gasteiger partial charge in [-0.05, 0) is 54.9 Å². The van der Waals surface area contributed by atoms with E-state index in [0.29, 0.717) is 36.1 Å². The Morgan fingerprint density at radius 1 is 1.17 bits per heavy atom. The zero-order valence-corrected chi connectivity index (χ0v) is 19.0. The van der Waals surface area contributed by atoms with E-state index in [0.717, 1.165) is 20.8 Å². The van der Waals surface area contributed by atoms with Gasteiger partial charge in [-0.2, -0.15) is 0 Å². The van der Waals surface area contributed by atoms with E-state index in [1.165, 1.54) is 11.8 Å². The second kappa shape index (κ2) is 9.98. The molecule has 2 aromatic rings. The Morgan fingerprint density at radius 3 is 2.59 bits per heavy atom. The highest BCUT2D eigenvalue weighted by Gasteiger charge is 2.32. The number of methoxy groups -OCH3 is 1. The maximum atomic E-state index is 12.7. The lowest BCUT2D eigenvalue weighted by Gasteiger charge is -2.13. The van der Waals surface area contributed by atoms with Gasteiger partial charge in [-0.1, -0.05) is 46.3 Å². The number of hydrogen-bond donors (Lipinski definition) is 0. The highest BCUT2D eigenvalue weighted by molar-refractivity contribution is 9.10. The zero-order chi connectivity index (χ0) is 20.8. The predicted octanol–water partition coefficient (Wildman–Crippen LogP) is 5.35. The molecule has 0 aromatic heterocycles. The maximum Gasteiger partial charge on any atom is 0.266 e. The highest BCUT2D eigenvalue weighted by Crippen LogP contribution is 2.38. The number of likely N-dealkylation sites (N-methyl/N-ethyl adjacent to an activating group) is 1. The molecule has 29 heavy (non-hydrogen) atoms. The topological polar surface area (TPSA) is 51.1 Å². The third-order valence-corrected chi connectivity index (χ3v) is 6.04. The first kappa shape index (κ1) is 21.5. The molecule has 7 heteroatoms. The van der Waals surface area contributed by atoms with Crippen LogP contribution in [0.25, 0.3) is 6.08 Å². The van der Waals surface area contributed by atoms with Gasteiger partial charge in [0.2, 0.25) is 0 Å². The van der Waals surface area contributed by atoms with Crippen molar-refractivity contribution >= 4 is 44.8 Å². The van der Waals surface area contributed by atoms with Gasteiger partial charge in [-0.15, -0.1) is 0 Å².